The molecule has 1 heterocycles. The maximum absolute atomic E-state index is 5.76. The van der Waals surface area contributed by atoms with Crippen LogP contribution in [0.1, 0.15) is 26.5 Å². The minimum Gasteiger partial charge on any atom is -0.383 e. The highest BCUT2D eigenvalue weighted by molar-refractivity contribution is 5.37. The Balaban J connectivity index is 2.95. The quantitative estimate of drug-likeness (QED) is 0.780. The van der Waals surface area contributed by atoms with Crippen molar-refractivity contribution >= 4 is 5.82 Å². The average Bonchev–Trinajstić information content (AvgIpc) is 2.42. The fraction of sp³-hybridized carbons (Fsp3) is 0.778. The Labute approximate surface area is 84.2 Å². The van der Waals surface area contributed by atoms with E-state index in [9.17, 15) is 0 Å². The van der Waals surface area contributed by atoms with E-state index >= 15 is 0 Å². The molecule has 1 aromatic heterocycles. The summed E-state index contributed by atoms with van der Waals surface area (Å²) in [6.45, 7) is 7.57. The molecule has 0 aromatic carbocycles. The lowest BCUT2D eigenvalue weighted by molar-refractivity contribution is 0.180. The Kier molecular flexibility index (Phi) is 3.10. The second-order valence-corrected chi connectivity index (χ2v) is 4.29. The number of hydrogen-bond donors (Lipinski definition) is 1. The lowest BCUT2D eigenvalue weighted by Crippen LogP contribution is -2.21. The number of nitrogens with two attached hydrogens (primary N) is 1. The van der Waals surface area contributed by atoms with Gasteiger partial charge in [0.2, 0.25) is 0 Å². The summed E-state index contributed by atoms with van der Waals surface area (Å²) in [4.78, 5) is 0. The molecule has 5 heteroatoms. The maximum Gasteiger partial charge on any atom is 0.169 e. The minimum absolute atomic E-state index is 0.0404. The second kappa shape index (κ2) is 3.96. The van der Waals surface area contributed by atoms with Gasteiger partial charge in [0.25, 0.3) is 0 Å². The van der Waals surface area contributed by atoms with Crippen molar-refractivity contribution in [3.05, 3.63) is 5.69 Å². The third-order valence-corrected chi connectivity index (χ3v) is 1.98. The van der Waals surface area contributed by atoms with E-state index in [4.69, 9.17) is 10.5 Å². The first-order valence-electron chi connectivity index (χ1n) is 4.65. The van der Waals surface area contributed by atoms with Gasteiger partial charge in [0, 0.05) is 12.5 Å². The maximum atomic E-state index is 5.76. The summed E-state index contributed by atoms with van der Waals surface area (Å²) < 4.78 is 6.80. The van der Waals surface area contributed by atoms with Crippen LogP contribution in [0.4, 0.5) is 5.82 Å². The molecule has 0 spiro atoms. The second-order valence-electron chi connectivity index (χ2n) is 4.29. The molecule has 0 bridgehead atoms. The Morgan fingerprint density at radius 3 is 2.57 bits per heavy atom. The zero-order valence-electron chi connectivity index (χ0n) is 9.24. The lowest BCUT2D eigenvalue weighted by Gasteiger charge is -2.19. The predicted molar refractivity (Wildman–Crippen MR) is 55.0 cm³/mol. The summed E-state index contributed by atoms with van der Waals surface area (Å²) in [7, 11) is 1.66. The van der Waals surface area contributed by atoms with E-state index in [1.807, 2.05) is 0 Å². The van der Waals surface area contributed by atoms with Crippen molar-refractivity contribution in [2.45, 2.75) is 32.7 Å². The first-order chi connectivity index (χ1) is 6.46. The molecule has 0 aliphatic heterocycles. The molecule has 80 valence electrons. The van der Waals surface area contributed by atoms with Crippen LogP contribution in [0.25, 0.3) is 0 Å². The summed E-state index contributed by atoms with van der Waals surface area (Å²) in [5.41, 5.74) is 6.69. The first-order valence-corrected chi connectivity index (χ1v) is 4.65. The fourth-order valence-corrected chi connectivity index (χ4v) is 1.43. The molecule has 0 saturated heterocycles. The lowest BCUT2D eigenvalue weighted by atomic mass is 9.92. The van der Waals surface area contributed by atoms with Crippen molar-refractivity contribution in [1.29, 1.82) is 0 Å². The van der Waals surface area contributed by atoms with Gasteiger partial charge in [-0.25, -0.2) is 4.68 Å². The van der Waals surface area contributed by atoms with Crippen LogP contribution in [-0.2, 0) is 16.7 Å². The van der Waals surface area contributed by atoms with Crippen LogP contribution in [0.15, 0.2) is 0 Å². The minimum atomic E-state index is -0.0404. The van der Waals surface area contributed by atoms with Gasteiger partial charge < -0.3 is 10.5 Å². The number of nitrogen functional groups attached to an aromatic ring is 1. The third-order valence-electron chi connectivity index (χ3n) is 1.98. The molecule has 0 unspecified atom stereocenters. The fourth-order valence-electron chi connectivity index (χ4n) is 1.43. The normalized spacial score (nSPS) is 12.0. The van der Waals surface area contributed by atoms with Crippen LogP contribution in [0, 0.1) is 0 Å². The molecule has 0 atom stereocenters. The number of methoxy groups -OCH3 is 1. The largest absolute Gasteiger partial charge is 0.383 e. The summed E-state index contributed by atoms with van der Waals surface area (Å²) in [5.74, 6) is 0.508. The number of anilines is 1. The van der Waals surface area contributed by atoms with E-state index in [-0.39, 0.29) is 5.41 Å². The van der Waals surface area contributed by atoms with E-state index in [1.54, 1.807) is 11.8 Å². The van der Waals surface area contributed by atoms with E-state index in [1.165, 1.54) is 0 Å². The van der Waals surface area contributed by atoms with Crippen molar-refractivity contribution in [1.82, 2.24) is 15.0 Å². The third kappa shape index (κ3) is 2.23. The van der Waals surface area contributed by atoms with E-state index in [0.29, 0.717) is 19.0 Å². The molecule has 0 amide bonds. The Morgan fingerprint density at radius 2 is 2.07 bits per heavy atom. The summed E-state index contributed by atoms with van der Waals surface area (Å²) in [5, 5.41) is 7.85. The van der Waals surface area contributed by atoms with Crippen molar-refractivity contribution < 1.29 is 4.74 Å². The standard InChI is InChI=1S/C9H18N4O/c1-9(2,3)7-8(10)11-12-13(7)5-6-14-4/h5-6,10H2,1-4H3. The monoisotopic (exact) mass is 198 g/mol. The molecule has 14 heavy (non-hydrogen) atoms. The van der Waals surface area contributed by atoms with Gasteiger partial charge >= 0.3 is 0 Å². The van der Waals surface area contributed by atoms with Gasteiger partial charge in [-0.05, 0) is 0 Å². The molecular weight excluding hydrogens is 180 g/mol. The molecule has 1 rings (SSSR count). The van der Waals surface area contributed by atoms with Gasteiger partial charge in [-0.15, -0.1) is 5.10 Å². The molecule has 0 fully saturated rings. The number of aromatic nitrogens is 3. The van der Waals surface area contributed by atoms with Crippen molar-refractivity contribution in [3.63, 3.8) is 0 Å². The van der Waals surface area contributed by atoms with Crippen molar-refractivity contribution in [2.75, 3.05) is 19.5 Å². The highest BCUT2D eigenvalue weighted by Crippen LogP contribution is 2.25. The van der Waals surface area contributed by atoms with Gasteiger partial charge in [0.15, 0.2) is 5.82 Å². The zero-order valence-corrected chi connectivity index (χ0v) is 9.24. The van der Waals surface area contributed by atoms with Crippen molar-refractivity contribution in [2.24, 2.45) is 0 Å². The molecule has 0 radical (unpaired) electrons. The van der Waals surface area contributed by atoms with Crippen LogP contribution in [0.3, 0.4) is 0 Å². The topological polar surface area (TPSA) is 66.0 Å². The first kappa shape index (κ1) is 11.0. The number of ether oxygens (including phenoxy) is 1. The van der Waals surface area contributed by atoms with Gasteiger partial charge in [-0.3, -0.25) is 0 Å². The molecule has 0 saturated carbocycles. The Bertz CT molecular complexity index is 300. The molecule has 0 aliphatic carbocycles. The van der Waals surface area contributed by atoms with Gasteiger partial charge in [0.1, 0.15) is 0 Å². The predicted octanol–water partition coefficient (Wildman–Crippen LogP) is 0.804. The summed E-state index contributed by atoms with van der Waals surface area (Å²) in [6, 6.07) is 0. The SMILES string of the molecule is COCCn1nnc(N)c1C(C)(C)C. The van der Waals surface area contributed by atoms with Gasteiger partial charge in [-0.1, -0.05) is 26.0 Å². The molecule has 5 nitrogen and oxygen atoms in total. The molecule has 1 aromatic rings. The van der Waals surface area contributed by atoms with Crippen LogP contribution in [0.5, 0.6) is 0 Å². The zero-order chi connectivity index (χ0) is 10.8. The van der Waals surface area contributed by atoms with Gasteiger partial charge in [0.05, 0.1) is 18.8 Å². The van der Waals surface area contributed by atoms with Crippen molar-refractivity contribution in [3.8, 4) is 0 Å². The highest BCUT2D eigenvalue weighted by atomic mass is 16.5. The van der Waals surface area contributed by atoms with E-state index in [2.05, 4.69) is 31.1 Å². The Hall–Kier alpha value is -1.10. The highest BCUT2D eigenvalue weighted by Gasteiger charge is 2.23. The molecular formula is C9H18N4O. The summed E-state index contributed by atoms with van der Waals surface area (Å²) in [6.07, 6.45) is 0. The van der Waals surface area contributed by atoms with Crippen LogP contribution in [-0.4, -0.2) is 28.7 Å². The van der Waals surface area contributed by atoms with E-state index < -0.39 is 0 Å². The summed E-state index contributed by atoms with van der Waals surface area (Å²) >= 11 is 0. The molecule has 2 N–H and O–H groups in total. The smallest absolute Gasteiger partial charge is 0.169 e. The number of nitrogens with zero attached hydrogens (tertiary/aromatic N) is 3. The average molecular weight is 198 g/mol. The van der Waals surface area contributed by atoms with Crippen LogP contribution in [0.2, 0.25) is 0 Å². The van der Waals surface area contributed by atoms with Gasteiger partial charge in [-0.2, -0.15) is 0 Å². The van der Waals surface area contributed by atoms with E-state index in [0.717, 1.165) is 5.69 Å². The number of hydrogen-bond acceptors (Lipinski definition) is 4. The van der Waals surface area contributed by atoms with Crippen LogP contribution >= 0.6 is 0 Å². The van der Waals surface area contributed by atoms with Crippen LogP contribution < -0.4 is 5.73 Å². The molecule has 0 aliphatic rings. The Morgan fingerprint density at radius 1 is 1.43 bits per heavy atom. The number of rotatable bonds is 3.